The highest BCUT2D eigenvalue weighted by Crippen LogP contribution is 2.36. The number of halogens is 1. The molecular formula is C29H33ClN2O2. The number of benzene rings is 3. The fraction of sp³-hybridized carbons (Fsp3) is 0.345. The molecule has 4 nitrogen and oxygen atoms in total. The third-order valence-electron chi connectivity index (χ3n) is 6.79. The molecule has 178 valence electrons. The first kappa shape index (κ1) is 24.3. The Labute approximate surface area is 207 Å². The molecule has 1 N–H and O–H groups in total. The van der Waals surface area contributed by atoms with Crippen LogP contribution in [0.3, 0.4) is 0 Å². The van der Waals surface area contributed by atoms with Crippen LogP contribution in [0, 0.1) is 6.92 Å². The lowest BCUT2D eigenvalue weighted by atomic mass is 9.88. The van der Waals surface area contributed by atoms with E-state index in [4.69, 9.17) is 16.3 Å². The first-order valence-electron chi connectivity index (χ1n) is 12.0. The molecule has 0 unspecified atom stereocenters. The van der Waals surface area contributed by atoms with E-state index in [9.17, 15) is 4.79 Å². The summed E-state index contributed by atoms with van der Waals surface area (Å²) >= 11 is 6.53. The van der Waals surface area contributed by atoms with Gasteiger partial charge in [0.25, 0.3) is 5.91 Å². The number of aryl methyl sites for hydroxylation is 1. The van der Waals surface area contributed by atoms with Gasteiger partial charge in [0.05, 0.1) is 17.7 Å². The maximum Gasteiger partial charge on any atom is 0.257 e. The van der Waals surface area contributed by atoms with Crippen molar-refractivity contribution in [2.75, 3.05) is 25.5 Å². The summed E-state index contributed by atoms with van der Waals surface area (Å²) < 4.78 is 5.65. The zero-order valence-electron chi connectivity index (χ0n) is 20.4. The van der Waals surface area contributed by atoms with Gasteiger partial charge in [-0.15, -0.1) is 0 Å². The molecule has 3 aromatic carbocycles. The predicted octanol–water partition coefficient (Wildman–Crippen LogP) is 7.16. The standard InChI is InChI=1S/C29H33ClN2O2/c1-19(2)32-15-13-22(14-16-32)26-18-24(10-12-28(26)34-4)31-29(33)25-11-9-23(17-27(25)30)21-7-5-20(3)6-8-21/h5-12,17-19,22H,13-16H2,1-4H3,(H,31,33). The average molecular weight is 477 g/mol. The van der Waals surface area contributed by atoms with Crippen LogP contribution in [0.4, 0.5) is 5.69 Å². The highest BCUT2D eigenvalue weighted by atomic mass is 35.5. The van der Waals surface area contributed by atoms with E-state index in [0.29, 0.717) is 22.5 Å². The van der Waals surface area contributed by atoms with Gasteiger partial charge in [0.15, 0.2) is 0 Å². The Hall–Kier alpha value is -2.82. The number of methoxy groups -OCH3 is 1. The normalized spacial score (nSPS) is 14.9. The number of hydrogen-bond acceptors (Lipinski definition) is 3. The van der Waals surface area contributed by atoms with Crippen LogP contribution in [0.15, 0.2) is 60.7 Å². The zero-order valence-corrected chi connectivity index (χ0v) is 21.2. The summed E-state index contributed by atoms with van der Waals surface area (Å²) in [5.41, 5.74) is 5.63. The molecule has 34 heavy (non-hydrogen) atoms. The van der Waals surface area contributed by atoms with E-state index in [1.54, 1.807) is 13.2 Å². The van der Waals surface area contributed by atoms with Gasteiger partial charge >= 0.3 is 0 Å². The number of ether oxygens (including phenoxy) is 1. The van der Waals surface area contributed by atoms with Gasteiger partial charge in [-0.1, -0.05) is 47.5 Å². The van der Waals surface area contributed by atoms with Gasteiger partial charge in [-0.3, -0.25) is 4.79 Å². The van der Waals surface area contributed by atoms with Crippen LogP contribution >= 0.6 is 11.6 Å². The maximum absolute atomic E-state index is 13.1. The Morgan fingerprint density at radius 1 is 1.00 bits per heavy atom. The molecule has 1 heterocycles. The molecule has 1 aliphatic heterocycles. The van der Waals surface area contributed by atoms with Crippen LogP contribution in [0.5, 0.6) is 5.75 Å². The molecule has 1 amide bonds. The van der Waals surface area contributed by atoms with E-state index in [1.165, 1.54) is 5.56 Å². The second-order valence-electron chi connectivity index (χ2n) is 9.38. The largest absolute Gasteiger partial charge is 0.496 e. The summed E-state index contributed by atoms with van der Waals surface area (Å²) in [4.78, 5) is 15.6. The second kappa shape index (κ2) is 10.6. The predicted molar refractivity (Wildman–Crippen MR) is 141 cm³/mol. The fourth-order valence-corrected chi connectivity index (χ4v) is 4.95. The van der Waals surface area contributed by atoms with E-state index in [2.05, 4.69) is 61.3 Å². The van der Waals surface area contributed by atoms with Crippen molar-refractivity contribution in [3.63, 3.8) is 0 Å². The molecule has 1 saturated heterocycles. The number of nitrogens with zero attached hydrogens (tertiary/aromatic N) is 1. The smallest absolute Gasteiger partial charge is 0.257 e. The van der Waals surface area contributed by atoms with Crippen molar-refractivity contribution in [2.24, 2.45) is 0 Å². The number of carbonyl (C=O) groups excluding carboxylic acids is 1. The number of hydrogen-bond donors (Lipinski definition) is 1. The minimum atomic E-state index is -0.216. The van der Waals surface area contributed by atoms with Gasteiger partial charge < -0.3 is 15.0 Å². The first-order chi connectivity index (χ1) is 16.4. The number of rotatable bonds is 6. The molecule has 0 saturated carbocycles. The van der Waals surface area contributed by atoms with Crippen LogP contribution in [0.1, 0.15) is 54.1 Å². The molecule has 0 aromatic heterocycles. The molecular weight excluding hydrogens is 444 g/mol. The zero-order chi connectivity index (χ0) is 24.2. The maximum atomic E-state index is 13.1. The van der Waals surface area contributed by atoms with E-state index >= 15 is 0 Å². The molecule has 3 aromatic rings. The molecule has 1 fully saturated rings. The summed E-state index contributed by atoms with van der Waals surface area (Å²) in [5, 5.41) is 3.47. The van der Waals surface area contributed by atoms with E-state index in [0.717, 1.165) is 54.1 Å². The number of anilines is 1. The van der Waals surface area contributed by atoms with Crippen LogP contribution in [-0.2, 0) is 0 Å². The summed E-state index contributed by atoms with van der Waals surface area (Å²) in [6.45, 7) is 8.70. The van der Waals surface area contributed by atoms with Crippen LogP contribution in [-0.4, -0.2) is 37.0 Å². The van der Waals surface area contributed by atoms with Gasteiger partial charge in [0, 0.05) is 11.7 Å². The second-order valence-corrected chi connectivity index (χ2v) is 9.78. The Kier molecular flexibility index (Phi) is 7.60. The number of amides is 1. The topological polar surface area (TPSA) is 41.6 Å². The van der Waals surface area contributed by atoms with Crippen molar-refractivity contribution in [1.82, 2.24) is 4.90 Å². The lowest BCUT2D eigenvalue weighted by Gasteiger charge is -2.35. The lowest BCUT2D eigenvalue weighted by Crippen LogP contribution is -2.37. The quantitative estimate of drug-likeness (QED) is 0.410. The van der Waals surface area contributed by atoms with Crippen molar-refractivity contribution in [3.05, 3.63) is 82.4 Å². The van der Waals surface area contributed by atoms with Gasteiger partial charge in [0.1, 0.15) is 5.75 Å². The Balaban J connectivity index is 1.51. The third kappa shape index (κ3) is 5.45. The SMILES string of the molecule is COc1ccc(NC(=O)c2ccc(-c3ccc(C)cc3)cc2Cl)cc1C1CCN(C(C)C)CC1. The van der Waals surface area contributed by atoms with Gasteiger partial charge in [-0.2, -0.15) is 0 Å². The molecule has 0 bridgehead atoms. The molecule has 0 spiro atoms. The number of carbonyl (C=O) groups is 1. The number of likely N-dealkylation sites (tertiary alicyclic amines) is 1. The third-order valence-corrected chi connectivity index (χ3v) is 7.10. The lowest BCUT2D eigenvalue weighted by molar-refractivity contribution is 0.102. The molecule has 5 heteroatoms. The molecule has 4 rings (SSSR count). The molecule has 0 radical (unpaired) electrons. The minimum absolute atomic E-state index is 0.216. The molecule has 0 atom stereocenters. The monoisotopic (exact) mass is 476 g/mol. The van der Waals surface area contributed by atoms with Crippen molar-refractivity contribution >= 4 is 23.2 Å². The van der Waals surface area contributed by atoms with Gasteiger partial charge in [-0.05, 0) is 99.6 Å². The van der Waals surface area contributed by atoms with Crippen molar-refractivity contribution < 1.29 is 9.53 Å². The highest BCUT2D eigenvalue weighted by Gasteiger charge is 2.25. The van der Waals surface area contributed by atoms with Crippen LogP contribution in [0.25, 0.3) is 11.1 Å². The van der Waals surface area contributed by atoms with E-state index in [-0.39, 0.29) is 5.91 Å². The Bertz CT molecular complexity index is 1150. The van der Waals surface area contributed by atoms with Crippen molar-refractivity contribution in [3.8, 4) is 16.9 Å². The van der Waals surface area contributed by atoms with Crippen LogP contribution < -0.4 is 10.1 Å². The van der Waals surface area contributed by atoms with Crippen molar-refractivity contribution in [1.29, 1.82) is 0 Å². The Morgan fingerprint density at radius 3 is 2.29 bits per heavy atom. The first-order valence-corrected chi connectivity index (χ1v) is 12.3. The average Bonchev–Trinajstić information content (AvgIpc) is 2.84. The molecule has 1 aliphatic rings. The Morgan fingerprint density at radius 2 is 1.68 bits per heavy atom. The van der Waals surface area contributed by atoms with Gasteiger partial charge in [-0.25, -0.2) is 0 Å². The molecule has 0 aliphatic carbocycles. The number of nitrogens with one attached hydrogen (secondary N) is 1. The summed E-state index contributed by atoms with van der Waals surface area (Å²) in [6.07, 6.45) is 2.16. The fourth-order valence-electron chi connectivity index (χ4n) is 4.68. The van der Waals surface area contributed by atoms with Gasteiger partial charge in [0.2, 0.25) is 0 Å². The minimum Gasteiger partial charge on any atom is -0.496 e. The van der Waals surface area contributed by atoms with E-state index < -0.39 is 0 Å². The number of piperidine rings is 1. The highest BCUT2D eigenvalue weighted by molar-refractivity contribution is 6.34. The van der Waals surface area contributed by atoms with Crippen molar-refractivity contribution in [2.45, 2.75) is 45.6 Å². The summed E-state index contributed by atoms with van der Waals surface area (Å²) in [7, 11) is 1.70. The van der Waals surface area contributed by atoms with E-state index in [1.807, 2.05) is 24.3 Å². The van der Waals surface area contributed by atoms with Crippen LogP contribution in [0.2, 0.25) is 5.02 Å². The summed E-state index contributed by atoms with van der Waals surface area (Å²) in [5.74, 6) is 1.08. The summed E-state index contributed by atoms with van der Waals surface area (Å²) in [6, 6.07) is 20.3.